The molecule has 3 N–H and O–H groups in total. The molecule has 2 aromatic heterocycles. The van der Waals surface area contributed by atoms with Gasteiger partial charge in [-0.15, -0.1) is 11.3 Å². The second-order valence-corrected chi connectivity index (χ2v) is 5.06. The standard InChI is InChI=1S/C13H14N4O3S/c1-3-20-12-10(11(14)19)21-13(17-12)8-4-5-15-9(6-8)16-7(2)18/h4-6H,3H2,1-2H3,(H2,14,19)(H,15,16,18). The van der Waals surface area contributed by atoms with E-state index in [9.17, 15) is 9.59 Å². The van der Waals surface area contributed by atoms with Crippen LogP contribution in [0.15, 0.2) is 18.3 Å². The number of nitrogens with zero attached hydrogens (tertiary/aromatic N) is 2. The first kappa shape index (κ1) is 14.9. The van der Waals surface area contributed by atoms with Crippen LogP contribution in [0.1, 0.15) is 23.5 Å². The lowest BCUT2D eigenvalue weighted by Gasteiger charge is -2.02. The maximum absolute atomic E-state index is 11.4. The third-order valence-electron chi connectivity index (χ3n) is 2.41. The number of carbonyl (C=O) groups is 2. The zero-order chi connectivity index (χ0) is 15.4. The van der Waals surface area contributed by atoms with Gasteiger partial charge in [-0.05, 0) is 19.1 Å². The second-order valence-electron chi connectivity index (χ2n) is 4.06. The van der Waals surface area contributed by atoms with Gasteiger partial charge in [-0.25, -0.2) is 9.97 Å². The molecular formula is C13H14N4O3S. The average molecular weight is 306 g/mol. The van der Waals surface area contributed by atoms with Crippen LogP contribution in [0.25, 0.3) is 10.6 Å². The molecule has 0 saturated heterocycles. The molecule has 2 amide bonds. The highest BCUT2D eigenvalue weighted by molar-refractivity contribution is 7.17. The van der Waals surface area contributed by atoms with E-state index in [1.807, 2.05) is 0 Å². The molecule has 0 unspecified atom stereocenters. The summed E-state index contributed by atoms with van der Waals surface area (Å²) < 4.78 is 5.31. The van der Waals surface area contributed by atoms with E-state index < -0.39 is 5.91 Å². The van der Waals surface area contributed by atoms with Crippen LogP contribution in [0.3, 0.4) is 0 Å². The van der Waals surface area contributed by atoms with Gasteiger partial charge < -0.3 is 15.8 Å². The van der Waals surface area contributed by atoms with E-state index in [0.29, 0.717) is 23.0 Å². The van der Waals surface area contributed by atoms with E-state index in [2.05, 4.69) is 15.3 Å². The molecule has 0 fully saturated rings. The van der Waals surface area contributed by atoms with Gasteiger partial charge in [0.15, 0.2) is 4.88 Å². The van der Waals surface area contributed by atoms with Crippen LogP contribution in [-0.2, 0) is 4.79 Å². The average Bonchev–Trinajstić information content (AvgIpc) is 2.83. The molecule has 0 saturated carbocycles. The monoisotopic (exact) mass is 306 g/mol. The molecule has 21 heavy (non-hydrogen) atoms. The first-order valence-corrected chi connectivity index (χ1v) is 7.00. The summed E-state index contributed by atoms with van der Waals surface area (Å²) in [6, 6.07) is 3.39. The molecule has 2 heterocycles. The van der Waals surface area contributed by atoms with Crippen LogP contribution in [0, 0.1) is 0 Å². The van der Waals surface area contributed by atoms with Crippen molar-refractivity contribution in [2.45, 2.75) is 13.8 Å². The van der Waals surface area contributed by atoms with Gasteiger partial charge in [0, 0.05) is 18.7 Å². The summed E-state index contributed by atoms with van der Waals surface area (Å²) in [5, 5.41) is 3.16. The number of thiazole rings is 1. The third kappa shape index (κ3) is 3.54. The molecule has 0 atom stereocenters. The predicted octanol–water partition coefficient (Wildman–Crippen LogP) is 1.66. The van der Waals surface area contributed by atoms with Crippen molar-refractivity contribution in [2.24, 2.45) is 5.73 Å². The summed E-state index contributed by atoms with van der Waals surface area (Å²) in [5.74, 6) is -0.165. The van der Waals surface area contributed by atoms with Gasteiger partial charge in [0.25, 0.3) is 5.91 Å². The molecule has 110 valence electrons. The number of nitrogens with one attached hydrogen (secondary N) is 1. The van der Waals surface area contributed by atoms with E-state index in [1.54, 1.807) is 25.3 Å². The van der Waals surface area contributed by atoms with Crippen molar-refractivity contribution >= 4 is 29.0 Å². The molecule has 0 aliphatic rings. The Labute approximate surface area is 125 Å². The number of hydrogen-bond acceptors (Lipinski definition) is 6. The van der Waals surface area contributed by atoms with Crippen LogP contribution >= 0.6 is 11.3 Å². The molecule has 7 nitrogen and oxygen atoms in total. The minimum Gasteiger partial charge on any atom is -0.477 e. The number of rotatable bonds is 5. The van der Waals surface area contributed by atoms with Crippen LogP contribution in [0.5, 0.6) is 5.88 Å². The molecule has 8 heteroatoms. The van der Waals surface area contributed by atoms with E-state index >= 15 is 0 Å². The fraction of sp³-hybridized carbons (Fsp3) is 0.231. The smallest absolute Gasteiger partial charge is 0.264 e. The van der Waals surface area contributed by atoms with E-state index in [4.69, 9.17) is 10.5 Å². The Morgan fingerprint density at radius 2 is 2.24 bits per heavy atom. The third-order valence-corrected chi connectivity index (χ3v) is 3.51. The zero-order valence-corrected chi connectivity index (χ0v) is 12.4. The van der Waals surface area contributed by atoms with Gasteiger partial charge in [-0.3, -0.25) is 9.59 Å². The van der Waals surface area contributed by atoms with Crippen molar-refractivity contribution in [3.8, 4) is 16.5 Å². The number of primary amides is 1. The molecule has 0 aliphatic carbocycles. The first-order valence-electron chi connectivity index (χ1n) is 6.18. The van der Waals surface area contributed by atoms with Crippen molar-refractivity contribution in [3.05, 3.63) is 23.2 Å². The van der Waals surface area contributed by atoms with Gasteiger partial charge in [0.2, 0.25) is 11.8 Å². The lowest BCUT2D eigenvalue weighted by molar-refractivity contribution is -0.114. The van der Waals surface area contributed by atoms with Gasteiger partial charge in [0.1, 0.15) is 10.8 Å². The zero-order valence-electron chi connectivity index (χ0n) is 11.5. The Morgan fingerprint density at radius 3 is 2.86 bits per heavy atom. The van der Waals surface area contributed by atoms with Crippen molar-refractivity contribution in [1.29, 1.82) is 0 Å². The first-order chi connectivity index (χ1) is 10.0. The summed E-state index contributed by atoms with van der Waals surface area (Å²) in [7, 11) is 0. The van der Waals surface area contributed by atoms with Gasteiger partial charge in [0.05, 0.1) is 6.61 Å². The minimum absolute atomic E-state index is 0.216. The van der Waals surface area contributed by atoms with E-state index in [-0.39, 0.29) is 16.7 Å². The Hall–Kier alpha value is -2.48. The number of nitrogens with two attached hydrogens (primary N) is 1. The number of aromatic nitrogens is 2. The molecule has 0 aromatic carbocycles. The quantitative estimate of drug-likeness (QED) is 0.873. The van der Waals surface area contributed by atoms with Crippen LogP contribution in [-0.4, -0.2) is 28.4 Å². The maximum atomic E-state index is 11.4. The normalized spacial score (nSPS) is 10.2. The predicted molar refractivity (Wildman–Crippen MR) is 79.3 cm³/mol. The fourth-order valence-corrected chi connectivity index (χ4v) is 2.49. The van der Waals surface area contributed by atoms with Crippen molar-refractivity contribution in [2.75, 3.05) is 11.9 Å². The minimum atomic E-state index is -0.585. The van der Waals surface area contributed by atoms with Crippen LogP contribution < -0.4 is 15.8 Å². The number of pyridine rings is 1. The van der Waals surface area contributed by atoms with E-state index in [1.165, 1.54) is 6.92 Å². The highest BCUT2D eigenvalue weighted by Gasteiger charge is 2.18. The van der Waals surface area contributed by atoms with E-state index in [0.717, 1.165) is 11.3 Å². The largest absolute Gasteiger partial charge is 0.477 e. The molecule has 2 aromatic rings. The molecule has 0 aliphatic heterocycles. The number of ether oxygens (including phenoxy) is 1. The van der Waals surface area contributed by atoms with Gasteiger partial charge >= 0.3 is 0 Å². The molecule has 0 bridgehead atoms. The lowest BCUT2D eigenvalue weighted by atomic mass is 10.3. The number of anilines is 1. The molecule has 2 rings (SSSR count). The van der Waals surface area contributed by atoms with Crippen molar-refractivity contribution in [3.63, 3.8) is 0 Å². The summed E-state index contributed by atoms with van der Waals surface area (Å²) in [4.78, 5) is 31.0. The highest BCUT2D eigenvalue weighted by Crippen LogP contribution is 2.32. The summed E-state index contributed by atoms with van der Waals surface area (Å²) >= 11 is 1.14. The van der Waals surface area contributed by atoms with Gasteiger partial charge in [-0.1, -0.05) is 0 Å². The number of carbonyl (C=O) groups excluding carboxylic acids is 2. The number of hydrogen-bond donors (Lipinski definition) is 2. The molecular weight excluding hydrogens is 292 g/mol. The number of amides is 2. The van der Waals surface area contributed by atoms with Crippen molar-refractivity contribution < 1.29 is 14.3 Å². The lowest BCUT2D eigenvalue weighted by Crippen LogP contribution is -2.10. The Kier molecular flexibility index (Phi) is 4.49. The van der Waals surface area contributed by atoms with Crippen molar-refractivity contribution in [1.82, 2.24) is 9.97 Å². The van der Waals surface area contributed by atoms with Gasteiger partial charge in [-0.2, -0.15) is 0 Å². The SMILES string of the molecule is CCOc1nc(-c2ccnc(NC(C)=O)c2)sc1C(N)=O. The highest BCUT2D eigenvalue weighted by atomic mass is 32.1. The molecule has 0 spiro atoms. The second kappa shape index (κ2) is 6.31. The summed E-state index contributed by atoms with van der Waals surface area (Å²) in [5.41, 5.74) is 6.03. The Balaban J connectivity index is 2.39. The maximum Gasteiger partial charge on any atom is 0.264 e. The Bertz CT molecular complexity index is 684. The Morgan fingerprint density at radius 1 is 1.48 bits per heavy atom. The topological polar surface area (TPSA) is 107 Å². The fourth-order valence-electron chi connectivity index (χ4n) is 1.63. The summed E-state index contributed by atoms with van der Waals surface area (Å²) in [6.45, 7) is 3.58. The summed E-state index contributed by atoms with van der Waals surface area (Å²) in [6.07, 6.45) is 1.55. The van der Waals surface area contributed by atoms with Crippen LogP contribution in [0.2, 0.25) is 0 Å². The van der Waals surface area contributed by atoms with Crippen LogP contribution in [0.4, 0.5) is 5.82 Å². The molecule has 0 radical (unpaired) electrons.